The maximum absolute atomic E-state index is 3.49. The van der Waals surface area contributed by atoms with E-state index in [0.717, 1.165) is 18.4 Å². The third-order valence-electron chi connectivity index (χ3n) is 2.69. The van der Waals surface area contributed by atoms with Crippen molar-refractivity contribution in [3.63, 3.8) is 0 Å². The van der Waals surface area contributed by atoms with Gasteiger partial charge in [0.25, 0.3) is 0 Å². The number of halogens is 1. The molecule has 0 aromatic heterocycles. The van der Waals surface area contributed by atoms with E-state index >= 15 is 0 Å². The van der Waals surface area contributed by atoms with Crippen LogP contribution in [0.1, 0.15) is 36.8 Å². The molecule has 0 heterocycles. The molecular formula is C14H22BrN. The fourth-order valence-corrected chi connectivity index (χ4v) is 2.03. The van der Waals surface area contributed by atoms with E-state index in [4.69, 9.17) is 0 Å². The summed E-state index contributed by atoms with van der Waals surface area (Å²) in [7, 11) is 0. The van der Waals surface area contributed by atoms with Crippen LogP contribution < -0.4 is 5.32 Å². The van der Waals surface area contributed by atoms with Gasteiger partial charge in [-0.2, -0.15) is 0 Å². The van der Waals surface area contributed by atoms with Crippen molar-refractivity contribution in [3.05, 3.63) is 35.4 Å². The highest BCUT2D eigenvalue weighted by molar-refractivity contribution is 9.09. The summed E-state index contributed by atoms with van der Waals surface area (Å²) in [6, 6.07) is 8.75. The van der Waals surface area contributed by atoms with Crippen LogP contribution in [0, 0.1) is 6.92 Å². The number of nitrogens with one attached hydrogen (secondary N) is 1. The summed E-state index contributed by atoms with van der Waals surface area (Å²) in [5.41, 5.74) is 2.71. The van der Waals surface area contributed by atoms with Crippen molar-refractivity contribution in [1.29, 1.82) is 0 Å². The van der Waals surface area contributed by atoms with Gasteiger partial charge in [0, 0.05) is 11.9 Å². The fourth-order valence-electron chi connectivity index (χ4n) is 1.64. The first-order valence-electron chi connectivity index (χ1n) is 6.15. The molecule has 1 nitrogen and oxygen atoms in total. The third-order valence-corrected chi connectivity index (χ3v) is 3.25. The first-order valence-corrected chi connectivity index (χ1v) is 7.27. The Bertz CT molecular complexity index is 269. The van der Waals surface area contributed by atoms with Crippen molar-refractivity contribution in [2.45, 2.75) is 39.2 Å². The molecule has 1 N–H and O–H groups in total. The van der Waals surface area contributed by atoms with Gasteiger partial charge >= 0.3 is 0 Å². The summed E-state index contributed by atoms with van der Waals surface area (Å²) in [6.45, 7) is 4.26. The number of alkyl halides is 1. The van der Waals surface area contributed by atoms with Gasteiger partial charge in [0.15, 0.2) is 0 Å². The second-order valence-corrected chi connectivity index (χ2v) is 5.06. The number of rotatable bonds is 8. The van der Waals surface area contributed by atoms with E-state index in [1.54, 1.807) is 0 Å². The van der Waals surface area contributed by atoms with Crippen LogP contribution >= 0.6 is 15.9 Å². The first-order chi connectivity index (χ1) is 7.83. The maximum atomic E-state index is 3.49. The van der Waals surface area contributed by atoms with Crippen molar-refractivity contribution in [3.8, 4) is 0 Å². The van der Waals surface area contributed by atoms with E-state index in [9.17, 15) is 0 Å². The molecule has 0 aliphatic carbocycles. The molecule has 0 aliphatic heterocycles. The molecule has 1 aromatic carbocycles. The van der Waals surface area contributed by atoms with Crippen LogP contribution in [0.2, 0.25) is 0 Å². The van der Waals surface area contributed by atoms with Crippen LogP contribution in [-0.2, 0) is 6.54 Å². The van der Waals surface area contributed by atoms with Gasteiger partial charge in [0.2, 0.25) is 0 Å². The lowest BCUT2D eigenvalue weighted by Gasteiger charge is -2.05. The van der Waals surface area contributed by atoms with Crippen LogP contribution in [0.15, 0.2) is 24.3 Å². The van der Waals surface area contributed by atoms with E-state index in [0.29, 0.717) is 0 Å². The molecular weight excluding hydrogens is 262 g/mol. The van der Waals surface area contributed by atoms with Crippen LogP contribution in [0.3, 0.4) is 0 Å². The summed E-state index contributed by atoms with van der Waals surface area (Å²) in [6.07, 6.45) is 5.28. The summed E-state index contributed by atoms with van der Waals surface area (Å²) >= 11 is 3.45. The zero-order valence-electron chi connectivity index (χ0n) is 10.1. The molecule has 0 saturated carbocycles. The largest absolute Gasteiger partial charge is 0.313 e. The molecule has 16 heavy (non-hydrogen) atoms. The normalized spacial score (nSPS) is 10.6. The van der Waals surface area contributed by atoms with Crippen LogP contribution in [0.25, 0.3) is 0 Å². The van der Waals surface area contributed by atoms with E-state index in [-0.39, 0.29) is 0 Å². The average Bonchev–Trinajstić information content (AvgIpc) is 2.30. The number of hydrogen-bond acceptors (Lipinski definition) is 1. The van der Waals surface area contributed by atoms with Gasteiger partial charge in [-0.15, -0.1) is 0 Å². The van der Waals surface area contributed by atoms with Crippen LogP contribution in [-0.4, -0.2) is 11.9 Å². The van der Waals surface area contributed by atoms with Crippen molar-refractivity contribution in [1.82, 2.24) is 5.32 Å². The average molecular weight is 284 g/mol. The minimum atomic E-state index is 0.999. The Morgan fingerprint density at radius 3 is 2.38 bits per heavy atom. The molecule has 90 valence electrons. The molecule has 1 rings (SSSR count). The number of benzene rings is 1. The highest BCUT2D eigenvalue weighted by Crippen LogP contribution is 2.03. The molecule has 0 radical (unpaired) electrons. The quantitative estimate of drug-likeness (QED) is 0.561. The summed E-state index contributed by atoms with van der Waals surface area (Å²) in [5, 5.41) is 4.63. The topological polar surface area (TPSA) is 12.0 Å². The van der Waals surface area contributed by atoms with E-state index in [1.165, 1.54) is 36.8 Å². The first kappa shape index (κ1) is 13.7. The number of aryl methyl sites for hydroxylation is 1. The molecule has 1 aromatic rings. The van der Waals surface area contributed by atoms with Crippen molar-refractivity contribution >= 4 is 15.9 Å². The van der Waals surface area contributed by atoms with E-state index in [2.05, 4.69) is 52.4 Å². The highest BCUT2D eigenvalue weighted by Gasteiger charge is 1.92. The van der Waals surface area contributed by atoms with Gasteiger partial charge in [-0.1, -0.05) is 58.6 Å². The van der Waals surface area contributed by atoms with Crippen molar-refractivity contribution in [2.24, 2.45) is 0 Å². The molecule has 0 unspecified atom stereocenters. The minimum Gasteiger partial charge on any atom is -0.313 e. The van der Waals surface area contributed by atoms with Crippen molar-refractivity contribution < 1.29 is 0 Å². The van der Waals surface area contributed by atoms with Gasteiger partial charge < -0.3 is 5.32 Å². The lowest BCUT2D eigenvalue weighted by Crippen LogP contribution is -2.14. The molecule has 0 saturated heterocycles. The monoisotopic (exact) mass is 283 g/mol. The predicted molar refractivity (Wildman–Crippen MR) is 75.1 cm³/mol. The SMILES string of the molecule is Cc1ccc(CNCCCCCCBr)cc1. The summed E-state index contributed by atoms with van der Waals surface area (Å²) in [5.74, 6) is 0. The van der Waals surface area contributed by atoms with Crippen LogP contribution in [0.4, 0.5) is 0 Å². The number of hydrogen-bond donors (Lipinski definition) is 1. The molecule has 0 bridgehead atoms. The molecule has 0 fully saturated rings. The molecule has 2 heteroatoms. The van der Waals surface area contributed by atoms with E-state index < -0.39 is 0 Å². The number of unbranched alkanes of at least 4 members (excludes halogenated alkanes) is 3. The Balaban J connectivity index is 2.01. The Hall–Kier alpha value is -0.340. The molecule has 0 spiro atoms. The Kier molecular flexibility index (Phi) is 7.52. The zero-order valence-corrected chi connectivity index (χ0v) is 11.7. The van der Waals surface area contributed by atoms with Crippen molar-refractivity contribution in [2.75, 3.05) is 11.9 Å². The Morgan fingerprint density at radius 2 is 1.69 bits per heavy atom. The summed E-state index contributed by atoms with van der Waals surface area (Å²) in [4.78, 5) is 0. The van der Waals surface area contributed by atoms with Gasteiger partial charge in [0.1, 0.15) is 0 Å². The zero-order chi connectivity index (χ0) is 11.6. The Morgan fingerprint density at radius 1 is 1.00 bits per heavy atom. The van der Waals surface area contributed by atoms with Gasteiger partial charge in [0.05, 0.1) is 0 Å². The smallest absolute Gasteiger partial charge is 0.0205 e. The molecule has 0 atom stereocenters. The lowest BCUT2D eigenvalue weighted by atomic mass is 10.1. The predicted octanol–water partition coefficient (Wildman–Crippen LogP) is 4.04. The lowest BCUT2D eigenvalue weighted by molar-refractivity contribution is 0.600. The summed E-state index contributed by atoms with van der Waals surface area (Å²) < 4.78 is 0. The second kappa shape index (κ2) is 8.77. The van der Waals surface area contributed by atoms with Gasteiger partial charge in [-0.25, -0.2) is 0 Å². The Labute approximate surface area is 108 Å². The van der Waals surface area contributed by atoms with Gasteiger partial charge in [-0.3, -0.25) is 0 Å². The maximum Gasteiger partial charge on any atom is 0.0205 e. The van der Waals surface area contributed by atoms with E-state index in [1.807, 2.05) is 0 Å². The third kappa shape index (κ3) is 6.29. The second-order valence-electron chi connectivity index (χ2n) is 4.27. The fraction of sp³-hybridized carbons (Fsp3) is 0.571. The van der Waals surface area contributed by atoms with Crippen LogP contribution in [0.5, 0.6) is 0 Å². The molecule has 0 aliphatic rings. The molecule has 0 amide bonds. The minimum absolute atomic E-state index is 0.999. The highest BCUT2D eigenvalue weighted by atomic mass is 79.9. The van der Waals surface area contributed by atoms with Gasteiger partial charge in [-0.05, 0) is 31.9 Å². The standard InChI is InChI=1S/C14H22BrN/c1-13-6-8-14(9-7-13)12-16-11-5-3-2-4-10-15/h6-9,16H,2-5,10-12H2,1H3.